The molecular formula is C16H26N2O. The van der Waals surface area contributed by atoms with Crippen molar-refractivity contribution in [1.29, 1.82) is 0 Å². The largest absolute Gasteiger partial charge is 0.474 e. The van der Waals surface area contributed by atoms with E-state index in [-0.39, 0.29) is 0 Å². The highest BCUT2D eigenvalue weighted by atomic mass is 16.5. The van der Waals surface area contributed by atoms with Gasteiger partial charge in [-0.2, -0.15) is 0 Å². The smallest absolute Gasteiger partial charge is 0.214 e. The van der Waals surface area contributed by atoms with Gasteiger partial charge in [0.2, 0.25) is 5.88 Å². The fourth-order valence-corrected chi connectivity index (χ4v) is 2.96. The van der Waals surface area contributed by atoms with Crippen molar-refractivity contribution in [3.8, 4) is 5.88 Å². The number of aryl methyl sites for hydroxylation is 1. The molecule has 106 valence electrons. The summed E-state index contributed by atoms with van der Waals surface area (Å²) in [6.07, 6.45) is 6.64. The van der Waals surface area contributed by atoms with Crippen LogP contribution in [0.1, 0.15) is 50.3 Å². The van der Waals surface area contributed by atoms with Crippen molar-refractivity contribution in [2.45, 2.75) is 58.6 Å². The minimum atomic E-state index is 0.357. The maximum Gasteiger partial charge on any atom is 0.214 e. The SMILES string of the molecule is CCC1CCCC(Oc2cc(CNC)cc(C)n2)C1. The first-order valence-electron chi connectivity index (χ1n) is 7.50. The summed E-state index contributed by atoms with van der Waals surface area (Å²) >= 11 is 0. The summed E-state index contributed by atoms with van der Waals surface area (Å²) in [5, 5.41) is 3.17. The number of ether oxygens (including phenoxy) is 1. The second kappa shape index (κ2) is 6.90. The molecule has 0 spiro atoms. The fraction of sp³-hybridized carbons (Fsp3) is 0.688. The average molecular weight is 262 g/mol. The van der Waals surface area contributed by atoms with Gasteiger partial charge in [0.25, 0.3) is 0 Å². The summed E-state index contributed by atoms with van der Waals surface area (Å²) in [7, 11) is 1.96. The van der Waals surface area contributed by atoms with Gasteiger partial charge in [-0.1, -0.05) is 19.8 Å². The summed E-state index contributed by atoms with van der Waals surface area (Å²) in [5.41, 5.74) is 2.28. The van der Waals surface area contributed by atoms with Gasteiger partial charge in [-0.25, -0.2) is 4.98 Å². The third kappa shape index (κ3) is 4.20. The van der Waals surface area contributed by atoms with Crippen LogP contribution >= 0.6 is 0 Å². The Kier molecular flexibility index (Phi) is 5.20. The highest BCUT2D eigenvalue weighted by Gasteiger charge is 2.22. The lowest BCUT2D eigenvalue weighted by molar-refractivity contribution is 0.117. The molecule has 0 aliphatic heterocycles. The van der Waals surface area contributed by atoms with E-state index in [1.165, 1.54) is 37.7 Å². The molecule has 3 nitrogen and oxygen atoms in total. The molecule has 1 aromatic rings. The molecule has 0 bridgehead atoms. The molecule has 1 aromatic heterocycles. The molecule has 1 fully saturated rings. The molecule has 2 atom stereocenters. The van der Waals surface area contributed by atoms with Gasteiger partial charge >= 0.3 is 0 Å². The third-order valence-electron chi connectivity index (χ3n) is 3.97. The maximum absolute atomic E-state index is 6.12. The molecule has 1 N–H and O–H groups in total. The zero-order valence-corrected chi connectivity index (χ0v) is 12.4. The van der Waals surface area contributed by atoms with Gasteiger partial charge in [-0.3, -0.25) is 0 Å². The number of rotatable bonds is 5. The maximum atomic E-state index is 6.12. The standard InChI is InChI=1S/C16H26N2O/c1-4-13-6-5-7-15(9-13)19-16-10-14(11-17-3)8-12(2)18-16/h8,10,13,15,17H,4-7,9,11H2,1-3H3. The molecule has 1 aliphatic carbocycles. The van der Waals surface area contributed by atoms with Gasteiger partial charge in [0.05, 0.1) is 0 Å². The molecule has 0 aromatic carbocycles. The predicted octanol–water partition coefficient (Wildman–Crippen LogP) is 3.46. The molecule has 1 aliphatic rings. The Bertz CT molecular complexity index is 406. The summed E-state index contributed by atoms with van der Waals surface area (Å²) in [5.74, 6) is 1.63. The van der Waals surface area contributed by atoms with Crippen LogP contribution in [0.15, 0.2) is 12.1 Å². The molecular weight excluding hydrogens is 236 g/mol. The highest BCUT2D eigenvalue weighted by molar-refractivity contribution is 5.24. The molecule has 2 unspecified atom stereocenters. The normalized spacial score (nSPS) is 23.3. The second-order valence-electron chi connectivity index (χ2n) is 5.67. The monoisotopic (exact) mass is 262 g/mol. The zero-order valence-electron chi connectivity index (χ0n) is 12.4. The summed E-state index contributed by atoms with van der Waals surface area (Å²) in [4.78, 5) is 4.51. The van der Waals surface area contributed by atoms with Gasteiger partial charge in [0.1, 0.15) is 6.10 Å². The molecule has 0 saturated heterocycles. The quantitative estimate of drug-likeness (QED) is 0.882. The number of nitrogens with one attached hydrogen (secondary N) is 1. The Morgan fingerprint density at radius 2 is 2.21 bits per heavy atom. The zero-order chi connectivity index (χ0) is 13.7. The summed E-state index contributed by atoms with van der Waals surface area (Å²) < 4.78 is 6.12. The topological polar surface area (TPSA) is 34.1 Å². The van der Waals surface area contributed by atoms with E-state index in [1.54, 1.807) is 0 Å². The van der Waals surface area contributed by atoms with E-state index in [1.807, 2.05) is 14.0 Å². The van der Waals surface area contributed by atoms with Crippen LogP contribution in [-0.2, 0) is 6.54 Å². The van der Waals surface area contributed by atoms with Gasteiger partial charge < -0.3 is 10.1 Å². The lowest BCUT2D eigenvalue weighted by Gasteiger charge is -2.28. The van der Waals surface area contributed by atoms with Crippen LogP contribution in [-0.4, -0.2) is 18.1 Å². The number of hydrogen-bond acceptors (Lipinski definition) is 3. The Balaban J connectivity index is 2.01. The first-order valence-corrected chi connectivity index (χ1v) is 7.50. The van der Waals surface area contributed by atoms with Crippen LogP contribution in [0.3, 0.4) is 0 Å². The van der Waals surface area contributed by atoms with Gasteiger partial charge in [-0.05, 0) is 50.8 Å². The molecule has 19 heavy (non-hydrogen) atoms. The van der Waals surface area contributed by atoms with Crippen molar-refractivity contribution < 1.29 is 4.74 Å². The number of hydrogen-bond donors (Lipinski definition) is 1. The molecule has 0 amide bonds. The molecule has 0 radical (unpaired) electrons. The van der Waals surface area contributed by atoms with Crippen LogP contribution in [0.2, 0.25) is 0 Å². The lowest BCUT2D eigenvalue weighted by atomic mass is 9.85. The predicted molar refractivity (Wildman–Crippen MR) is 78.4 cm³/mol. The molecule has 1 saturated carbocycles. The Hall–Kier alpha value is -1.09. The van der Waals surface area contributed by atoms with Crippen LogP contribution in [0.5, 0.6) is 5.88 Å². The minimum Gasteiger partial charge on any atom is -0.474 e. The van der Waals surface area contributed by atoms with E-state index >= 15 is 0 Å². The Morgan fingerprint density at radius 1 is 1.37 bits per heavy atom. The van der Waals surface area contributed by atoms with Crippen molar-refractivity contribution in [3.05, 3.63) is 23.4 Å². The van der Waals surface area contributed by atoms with Crippen molar-refractivity contribution in [2.75, 3.05) is 7.05 Å². The van der Waals surface area contributed by atoms with Crippen LogP contribution in [0, 0.1) is 12.8 Å². The van der Waals surface area contributed by atoms with Crippen molar-refractivity contribution in [1.82, 2.24) is 10.3 Å². The van der Waals surface area contributed by atoms with E-state index < -0.39 is 0 Å². The van der Waals surface area contributed by atoms with Crippen molar-refractivity contribution in [3.63, 3.8) is 0 Å². The summed E-state index contributed by atoms with van der Waals surface area (Å²) in [6, 6.07) is 4.18. The van der Waals surface area contributed by atoms with Crippen LogP contribution in [0.4, 0.5) is 0 Å². The van der Waals surface area contributed by atoms with E-state index in [0.717, 1.165) is 24.0 Å². The molecule has 2 rings (SSSR count). The minimum absolute atomic E-state index is 0.357. The van der Waals surface area contributed by atoms with Gasteiger partial charge in [0, 0.05) is 18.3 Å². The highest BCUT2D eigenvalue weighted by Crippen LogP contribution is 2.29. The van der Waals surface area contributed by atoms with Gasteiger partial charge in [-0.15, -0.1) is 0 Å². The number of pyridine rings is 1. The molecule has 3 heteroatoms. The number of aromatic nitrogens is 1. The van der Waals surface area contributed by atoms with Crippen molar-refractivity contribution in [2.24, 2.45) is 5.92 Å². The average Bonchev–Trinajstić information content (AvgIpc) is 2.38. The second-order valence-corrected chi connectivity index (χ2v) is 5.67. The van der Waals surface area contributed by atoms with E-state index in [9.17, 15) is 0 Å². The van der Waals surface area contributed by atoms with Crippen molar-refractivity contribution >= 4 is 0 Å². The van der Waals surface area contributed by atoms with Gasteiger partial charge in [0.15, 0.2) is 0 Å². The third-order valence-corrected chi connectivity index (χ3v) is 3.97. The fourth-order valence-electron chi connectivity index (χ4n) is 2.96. The lowest BCUT2D eigenvalue weighted by Crippen LogP contribution is -2.25. The Morgan fingerprint density at radius 3 is 2.95 bits per heavy atom. The van der Waals surface area contributed by atoms with Crippen LogP contribution in [0.25, 0.3) is 0 Å². The molecule has 1 heterocycles. The van der Waals surface area contributed by atoms with Crippen LogP contribution < -0.4 is 10.1 Å². The van der Waals surface area contributed by atoms with E-state index in [2.05, 4.69) is 29.4 Å². The Labute approximate surface area is 116 Å². The van der Waals surface area contributed by atoms with E-state index in [0.29, 0.717) is 6.10 Å². The summed E-state index contributed by atoms with van der Waals surface area (Å²) in [6.45, 7) is 5.17. The van der Waals surface area contributed by atoms with E-state index in [4.69, 9.17) is 4.74 Å². The first kappa shape index (κ1) is 14.3. The first-order chi connectivity index (χ1) is 9.21. The number of nitrogens with zero attached hydrogens (tertiary/aromatic N) is 1.